The lowest BCUT2D eigenvalue weighted by molar-refractivity contribution is 0.642. The predicted octanol–water partition coefficient (Wildman–Crippen LogP) is 2.30. The van der Waals surface area contributed by atoms with E-state index in [2.05, 4.69) is 23.7 Å². The van der Waals surface area contributed by atoms with E-state index in [4.69, 9.17) is 5.73 Å². The molecule has 0 radical (unpaired) electrons. The zero-order valence-corrected chi connectivity index (χ0v) is 11.0. The molecule has 0 atom stereocenters. The Balaban J connectivity index is 2.20. The van der Waals surface area contributed by atoms with Crippen LogP contribution in [0.2, 0.25) is 0 Å². The van der Waals surface area contributed by atoms with Gasteiger partial charge in [-0.3, -0.25) is 0 Å². The van der Waals surface area contributed by atoms with Crippen molar-refractivity contribution in [1.29, 1.82) is 0 Å². The molecule has 0 amide bonds. The van der Waals surface area contributed by atoms with Gasteiger partial charge in [0.2, 0.25) is 0 Å². The van der Waals surface area contributed by atoms with E-state index in [0.717, 1.165) is 36.0 Å². The second-order valence-electron chi connectivity index (χ2n) is 4.87. The second kappa shape index (κ2) is 4.17. The van der Waals surface area contributed by atoms with Crippen LogP contribution in [0.3, 0.4) is 0 Å². The standard InChI is InChI=1S/C12H19N3S/c1-9-10(13)4-5-11(14-9)15-6-7-16-12(2,3)8-15/h4-5H,6-8,13H2,1-3H3. The predicted molar refractivity (Wildman–Crippen MR) is 72.1 cm³/mol. The Morgan fingerprint density at radius 1 is 1.44 bits per heavy atom. The van der Waals surface area contributed by atoms with Crippen LogP contribution in [0.1, 0.15) is 19.5 Å². The summed E-state index contributed by atoms with van der Waals surface area (Å²) in [6, 6.07) is 3.97. The molecule has 1 aliphatic rings. The summed E-state index contributed by atoms with van der Waals surface area (Å²) in [6.07, 6.45) is 0. The minimum Gasteiger partial charge on any atom is -0.397 e. The van der Waals surface area contributed by atoms with E-state index >= 15 is 0 Å². The summed E-state index contributed by atoms with van der Waals surface area (Å²) in [5.74, 6) is 2.22. The SMILES string of the molecule is Cc1nc(N2CCSC(C)(C)C2)ccc1N. The molecule has 0 unspecified atom stereocenters. The summed E-state index contributed by atoms with van der Waals surface area (Å²) in [5, 5.41) is 0. The van der Waals surface area contributed by atoms with Gasteiger partial charge in [0.15, 0.2) is 0 Å². The van der Waals surface area contributed by atoms with Crippen molar-refractivity contribution in [1.82, 2.24) is 4.98 Å². The zero-order chi connectivity index (χ0) is 11.8. The van der Waals surface area contributed by atoms with Gasteiger partial charge in [0.1, 0.15) is 5.82 Å². The first-order valence-corrected chi connectivity index (χ1v) is 6.58. The van der Waals surface area contributed by atoms with Gasteiger partial charge in [-0.05, 0) is 32.9 Å². The van der Waals surface area contributed by atoms with Gasteiger partial charge in [0, 0.05) is 23.6 Å². The molecule has 0 aliphatic carbocycles. The maximum atomic E-state index is 5.79. The number of anilines is 2. The van der Waals surface area contributed by atoms with Crippen molar-refractivity contribution in [3.63, 3.8) is 0 Å². The highest BCUT2D eigenvalue weighted by atomic mass is 32.2. The molecule has 16 heavy (non-hydrogen) atoms. The molecule has 3 nitrogen and oxygen atoms in total. The molecule has 2 rings (SSSR count). The van der Waals surface area contributed by atoms with Crippen LogP contribution in [0, 0.1) is 6.92 Å². The van der Waals surface area contributed by atoms with Crippen LogP contribution in [0.15, 0.2) is 12.1 Å². The lowest BCUT2D eigenvalue weighted by atomic mass is 10.2. The number of nitrogens with zero attached hydrogens (tertiary/aromatic N) is 2. The Bertz CT molecular complexity index is 390. The molecule has 2 heterocycles. The van der Waals surface area contributed by atoms with E-state index in [9.17, 15) is 0 Å². The molecule has 1 aromatic rings. The summed E-state index contributed by atoms with van der Waals surface area (Å²) in [7, 11) is 0. The van der Waals surface area contributed by atoms with Crippen molar-refractivity contribution >= 4 is 23.3 Å². The van der Waals surface area contributed by atoms with Gasteiger partial charge < -0.3 is 10.6 Å². The number of nitrogens with two attached hydrogens (primary N) is 1. The van der Waals surface area contributed by atoms with Gasteiger partial charge >= 0.3 is 0 Å². The molecule has 1 saturated heterocycles. The smallest absolute Gasteiger partial charge is 0.129 e. The molecule has 0 bridgehead atoms. The lowest BCUT2D eigenvalue weighted by Crippen LogP contribution is -2.43. The van der Waals surface area contributed by atoms with Gasteiger partial charge in [-0.2, -0.15) is 11.8 Å². The molecule has 1 aliphatic heterocycles. The Morgan fingerprint density at radius 3 is 2.81 bits per heavy atom. The maximum absolute atomic E-state index is 5.79. The first-order chi connectivity index (χ1) is 7.48. The highest BCUT2D eigenvalue weighted by Crippen LogP contribution is 2.31. The molecular formula is C12H19N3S. The van der Waals surface area contributed by atoms with Crippen molar-refractivity contribution in [2.24, 2.45) is 0 Å². The van der Waals surface area contributed by atoms with Crippen molar-refractivity contribution in [3.05, 3.63) is 17.8 Å². The number of hydrogen-bond acceptors (Lipinski definition) is 4. The number of pyridine rings is 1. The zero-order valence-electron chi connectivity index (χ0n) is 10.2. The Hall–Kier alpha value is -0.900. The number of nitrogen functional groups attached to an aromatic ring is 1. The average molecular weight is 237 g/mol. The van der Waals surface area contributed by atoms with Crippen molar-refractivity contribution in [2.75, 3.05) is 29.5 Å². The van der Waals surface area contributed by atoms with E-state index in [1.165, 1.54) is 0 Å². The summed E-state index contributed by atoms with van der Waals surface area (Å²) >= 11 is 2.03. The van der Waals surface area contributed by atoms with Crippen LogP contribution in [0.25, 0.3) is 0 Å². The molecule has 4 heteroatoms. The van der Waals surface area contributed by atoms with E-state index in [0.29, 0.717) is 4.75 Å². The van der Waals surface area contributed by atoms with Crippen molar-refractivity contribution in [2.45, 2.75) is 25.5 Å². The normalized spacial score (nSPS) is 19.8. The number of hydrogen-bond donors (Lipinski definition) is 1. The van der Waals surface area contributed by atoms with Gasteiger partial charge in [-0.25, -0.2) is 4.98 Å². The highest BCUT2D eigenvalue weighted by molar-refractivity contribution is 8.00. The number of aryl methyl sites for hydroxylation is 1. The van der Waals surface area contributed by atoms with E-state index < -0.39 is 0 Å². The molecule has 0 saturated carbocycles. The van der Waals surface area contributed by atoms with Crippen LogP contribution in [0.5, 0.6) is 0 Å². The molecule has 88 valence electrons. The Kier molecular flexibility index (Phi) is 3.02. The summed E-state index contributed by atoms with van der Waals surface area (Å²) < 4.78 is 0.315. The monoisotopic (exact) mass is 237 g/mol. The molecule has 0 spiro atoms. The summed E-state index contributed by atoms with van der Waals surface area (Å²) in [4.78, 5) is 6.90. The first-order valence-electron chi connectivity index (χ1n) is 5.60. The van der Waals surface area contributed by atoms with Gasteiger partial charge in [0.25, 0.3) is 0 Å². The Labute approximate surface area is 101 Å². The van der Waals surface area contributed by atoms with Gasteiger partial charge in [0.05, 0.1) is 11.4 Å². The van der Waals surface area contributed by atoms with Crippen LogP contribution >= 0.6 is 11.8 Å². The first kappa shape index (κ1) is 11.6. The minimum atomic E-state index is 0.315. The topological polar surface area (TPSA) is 42.2 Å². The molecule has 2 N–H and O–H groups in total. The van der Waals surface area contributed by atoms with Gasteiger partial charge in [-0.1, -0.05) is 0 Å². The van der Waals surface area contributed by atoms with Crippen LogP contribution < -0.4 is 10.6 Å². The average Bonchev–Trinajstić information content (AvgIpc) is 2.20. The fourth-order valence-corrected chi connectivity index (χ4v) is 3.06. The molecular weight excluding hydrogens is 218 g/mol. The third kappa shape index (κ3) is 2.43. The van der Waals surface area contributed by atoms with Crippen LogP contribution in [-0.2, 0) is 0 Å². The summed E-state index contributed by atoms with van der Waals surface area (Å²) in [6.45, 7) is 8.66. The largest absolute Gasteiger partial charge is 0.397 e. The lowest BCUT2D eigenvalue weighted by Gasteiger charge is -2.38. The van der Waals surface area contributed by atoms with Crippen molar-refractivity contribution in [3.8, 4) is 0 Å². The van der Waals surface area contributed by atoms with Crippen molar-refractivity contribution < 1.29 is 0 Å². The van der Waals surface area contributed by atoms with Gasteiger partial charge in [-0.15, -0.1) is 0 Å². The fourth-order valence-electron chi connectivity index (χ4n) is 1.95. The van der Waals surface area contributed by atoms with Crippen LogP contribution in [0.4, 0.5) is 11.5 Å². The number of rotatable bonds is 1. The molecule has 1 aromatic heterocycles. The minimum absolute atomic E-state index is 0.315. The second-order valence-corrected chi connectivity index (χ2v) is 6.68. The summed E-state index contributed by atoms with van der Waals surface area (Å²) in [5.41, 5.74) is 7.48. The molecule has 1 fully saturated rings. The third-order valence-corrected chi connectivity index (χ3v) is 4.16. The Morgan fingerprint density at radius 2 is 2.19 bits per heavy atom. The van der Waals surface area contributed by atoms with E-state index in [1.54, 1.807) is 0 Å². The maximum Gasteiger partial charge on any atom is 0.129 e. The number of thioether (sulfide) groups is 1. The molecule has 0 aromatic carbocycles. The quantitative estimate of drug-likeness (QED) is 0.814. The number of aromatic nitrogens is 1. The van der Waals surface area contributed by atoms with E-state index in [-0.39, 0.29) is 0 Å². The fraction of sp³-hybridized carbons (Fsp3) is 0.583. The third-order valence-electron chi connectivity index (χ3n) is 2.86. The van der Waals surface area contributed by atoms with Crippen LogP contribution in [-0.4, -0.2) is 28.6 Å². The van der Waals surface area contributed by atoms with E-state index in [1.807, 2.05) is 30.8 Å². The highest BCUT2D eigenvalue weighted by Gasteiger charge is 2.27.